The molecule has 0 saturated heterocycles. The van der Waals surface area contributed by atoms with Crippen LogP contribution in [0, 0.1) is 0 Å². The van der Waals surface area contributed by atoms with E-state index in [1.54, 1.807) is 36.5 Å². The smallest absolute Gasteiger partial charge is 0.324 e. The molecular weight excluding hydrogens is 611 g/mol. The number of fused-ring (bicyclic) bond motifs is 1. The van der Waals surface area contributed by atoms with E-state index >= 15 is 0 Å². The molecule has 12 heteroatoms. The van der Waals surface area contributed by atoms with Gasteiger partial charge in [-0.1, -0.05) is 59.6 Å². The van der Waals surface area contributed by atoms with Crippen molar-refractivity contribution in [1.29, 1.82) is 0 Å². The van der Waals surface area contributed by atoms with Gasteiger partial charge < -0.3 is 14.9 Å². The molecule has 0 bridgehead atoms. The minimum absolute atomic E-state index is 0.0911. The van der Waals surface area contributed by atoms with Gasteiger partial charge in [0.05, 0.1) is 10.6 Å². The molecule has 3 aromatic carbocycles. The number of pyridine rings is 1. The van der Waals surface area contributed by atoms with Crippen LogP contribution in [0.2, 0.25) is 10.0 Å². The Morgan fingerprint density at radius 1 is 0.884 bits per heavy atom. The number of aliphatic carboxylic acids is 1. The zero-order valence-electron chi connectivity index (χ0n) is 24.0. The number of Topliss-reactive ketones (excluding diaryl/α,β-unsaturated/α-hetero) is 1. The Kier molecular flexibility index (Phi) is 10.3. The van der Waals surface area contributed by atoms with E-state index in [0.717, 1.165) is 28.8 Å². The van der Waals surface area contributed by atoms with Crippen LogP contribution < -0.4 is 9.21 Å². The summed E-state index contributed by atoms with van der Waals surface area (Å²) in [6.07, 6.45) is 2.45. The fraction of sp³-hybridized carbons (Fsp3) is 0.258. The number of aryl methyl sites for hydroxylation is 1. The summed E-state index contributed by atoms with van der Waals surface area (Å²) in [6, 6.07) is 17.5. The molecule has 0 atom stereocenters. The van der Waals surface area contributed by atoms with E-state index in [9.17, 15) is 23.1 Å². The average Bonchev–Trinajstić information content (AvgIpc) is 2.96. The maximum absolute atomic E-state index is 13.7. The van der Waals surface area contributed by atoms with Gasteiger partial charge in [-0.3, -0.25) is 13.9 Å². The predicted octanol–water partition coefficient (Wildman–Crippen LogP) is 5.63. The zero-order chi connectivity index (χ0) is 31.3. The van der Waals surface area contributed by atoms with Crippen molar-refractivity contribution < 1.29 is 23.1 Å². The molecule has 1 N–H and O–H groups in total. The van der Waals surface area contributed by atoms with E-state index in [0.29, 0.717) is 22.8 Å². The van der Waals surface area contributed by atoms with Crippen LogP contribution in [0.15, 0.2) is 77.8 Å². The molecule has 0 aliphatic carbocycles. The van der Waals surface area contributed by atoms with E-state index in [1.165, 1.54) is 24.3 Å². The summed E-state index contributed by atoms with van der Waals surface area (Å²) in [7, 11) is 1.62. The van der Waals surface area contributed by atoms with Crippen LogP contribution in [0.25, 0.3) is 10.8 Å². The normalized spacial score (nSPS) is 11.6. The number of rotatable bonds is 13. The predicted molar refractivity (Wildman–Crippen MR) is 171 cm³/mol. The van der Waals surface area contributed by atoms with Crippen molar-refractivity contribution in [2.24, 2.45) is 0 Å². The first-order valence-electron chi connectivity index (χ1n) is 13.4. The summed E-state index contributed by atoms with van der Waals surface area (Å²) < 4.78 is 28.2. The summed E-state index contributed by atoms with van der Waals surface area (Å²) in [4.78, 5) is 33.7. The van der Waals surface area contributed by atoms with Gasteiger partial charge in [-0.05, 0) is 61.8 Å². The number of aromatic nitrogens is 1. The number of carbonyl (C=O) groups excluding carboxylic acids is 1. The highest BCUT2D eigenvalue weighted by molar-refractivity contribution is 7.93. The zero-order valence-corrected chi connectivity index (χ0v) is 26.3. The van der Waals surface area contributed by atoms with Crippen molar-refractivity contribution in [1.82, 2.24) is 9.88 Å². The number of nitrogens with zero attached hydrogens (tertiary/aromatic N) is 4. The average molecular weight is 644 g/mol. The Labute approximate surface area is 261 Å². The van der Waals surface area contributed by atoms with Crippen molar-refractivity contribution in [3.05, 3.63) is 94.1 Å². The van der Waals surface area contributed by atoms with Crippen LogP contribution >= 0.6 is 23.2 Å². The van der Waals surface area contributed by atoms with Crippen molar-refractivity contribution >= 4 is 67.3 Å². The Bertz CT molecular complexity index is 1730. The van der Waals surface area contributed by atoms with Crippen LogP contribution in [0.3, 0.4) is 0 Å². The number of likely N-dealkylation sites (N-methyl/N-ethyl adjacent to an activating group) is 2. The minimum Gasteiger partial charge on any atom is -0.480 e. The third-order valence-corrected chi connectivity index (χ3v) is 9.07. The van der Waals surface area contributed by atoms with Gasteiger partial charge in [0, 0.05) is 53.7 Å². The summed E-state index contributed by atoms with van der Waals surface area (Å²) in [5, 5.41) is 10.7. The molecule has 0 spiro atoms. The Morgan fingerprint density at radius 3 is 2.19 bits per heavy atom. The molecule has 1 aromatic heterocycles. The van der Waals surface area contributed by atoms with E-state index in [-0.39, 0.29) is 32.8 Å². The quantitative estimate of drug-likeness (QED) is 0.187. The molecule has 4 rings (SSSR count). The van der Waals surface area contributed by atoms with Gasteiger partial charge in [0.1, 0.15) is 12.4 Å². The molecule has 0 saturated carbocycles. The molecule has 9 nitrogen and oxygen atoms in total. The largest absolute Gasteiger partial charge is 0.480 e. The standard InChI is InChI=1S/C31H32Cl2N4O5S/c1-35(2)14-15-36(3)30-13-11-21(19-34-30)10-12-29(38)27-8-4-7-26-25(27)6-5-9-28(26)37(20-31(39)40)43(41,42)24-17-22(32)16-23(33)18-24/h4-9,11,13,16-19H,10,12,14-15,20H2,1-3H3,(H,39,40). The second-order valence-electron chi connectivity index (χ2n) is 10.4. The lowest BCUT2D eigenvalue weighted by atomic mass is 9.97. The van der Waals surface area contributed by atoms with Crippen molar-refractivity contribution in [3.8, 4) is 0 Å². The number of hydrogen-bond acceptors (Lipinski definition) is 7. The second-order valence-corrected chi connectivity index (χ2v) is 13.1. The van der Waals surface area contributed by atoms with Gasteiger partial charge in [0.25, 0.3) is 10.0 Å². The van der Waals surface area contributed by atoms with E-state index in [1.807, 2.05) is 33.3 Å². The molecule has 43 heavy (non-hydrogen) atoms. The number of carbonyl (C=O) groups is 2. The molecule has 0 amide bonds. The summed E-state index contributed by atoms with van der Waals surface area (Å²) >= 11 is 12.1. The maximum atomic E-state index is 13.7. The lowest BCUT2D eigenvalue weighted by molar-refractivity contribution is -0.135. The SMILES string of the molecule is CN(C)CCN(C)c1ccc(CCC(=O)c2cccc3c(N(CC(=O)O)S(=O)(=O)c4cc(Cl)cc(Cl)c4)cccc23)cn1. The van der Waals surface area contributed by atoms with Crippen molar-refractivity contribution in [2.75, 3.05) is 50.0 Å². The van der Waals surface area contributed by atoms with E-state index in [2.05, 4.69) is 14.8 Å². The van der Waals surface area contributed by atoms with Gasteiger partial charge in [-0.15, -0.1) is 0 Å². The second kappa shape index (κ2) is 13.7. The number of benzene rings is 3. The van der Waals surface area contributed by atoms with Crippen LogP contribution in [0.4, 0.5) is 11.5 Å². The van der Waals surface area contributed by atoms with Gasteiger partial charge in [0.15, 0.2) is 5.78 Å². The van der Waals surface area contributed by atoms with Crippen LogP contribution in [-0.2, 0) is 21.2 Å². The minimum atomic E-state index is -4.40. The summed E-state index contributed by atoms with van der Waals surface area (Å²) in [6.45, 7) is 0.881. The lowest BCUT2D eigenvalue weighted by Gasteiger charge is -2.25. The first-order chi connectivity index (χ1) is 20.4. The molecular formula is C31H32Cl2N4O5S. The first-order valence-corrected chi connectivity index (χ1v) is 15.6. The third-order valence-electron chi connectivity index (χ3n) is 6.89. The van der Waals surface area contributed by atoms with E-state index < -0.39 is 22.5 Å². The number of carboxylic acids is 1. The number of anilines is 2. The Hall–Kier alpha value is -3.70. The highest BCUT2D eigenvalue weighted by atomic mass is 35.5. The number of ketones is 1. The Morgan fingerprint density at radius 2 is 1.56 bits per heavy atom. The molecule has 0 aliphatic rings. The van der Waals surface area contributed by atoms with Gasteiger partial charge in [-0.25, -0.2) is 13.4 Å². The summed E-state index contributed by atoms with van der Waals surface area (Å²) in [5.74, 6) is -0.645. The number of hydrogen-bond donors (Lipinski definition) is 1. The third kappa shape index (κ3) is 7.83. The van der Waals surface area contributed by atoms with Crippen molar-refractivity contribution in [2.45, 2.75) is 17.7 Å². The van der Waals surface area contributed by atoms with Crippen LogP contribution in [-0.4, -0.2) is 75.9 Å². The van der Waals surface area contributed by atoms with E-state index in [4.69, 9.17) is 23.2 Å². The van der Waals surface area contributed by atoms with Crippen LogP contribution in [0.5, 0.6) is 0 Å². The monoisotopic (exact) mass is 642 g/mol. The van der Waals surface area contributed by atoms with Gasteiger partial charge in [0.2, 0.25) is 0 Å². The molecule has 4 aromatic rings. The fourth-order valence-corrected chi connectivity index (χ4v) is 6.79. The highest BCUT2D eigenvalue weighted by Crippen LogP contribution is 2.34. The number of carboxylic acid groups (broad SMARTS) is 1. The van der Waals surface area contributed by atoms with Crippen LogP contribution in [0.1, 0.15) is 22.3 Å². The maximum Gasteiger partial charge on any atom is 0.324 e. The molecule has 0 radical (unpaired) electrons. The van der Waals surface area contributed by atoms with Gasteiger partial charge in [-0.2, -0.15) is 0 Å². The van der Waals surface area contributed by atoms with Gasteiger partial charge >= 0.3 is 5.97 Å². The molecule has 0 unspecified atom stereocenters. The first kappa shape index (κ1) is 32.2. The molecule has 0 aliphatic heterocycles. The fourth-order valence-electron chi connectivity index (χ4n) is 4.63. The highest BCUT2D eigenvalue weighted by Gasteiger charge is 2.29. The number of sulfonamides is 1. The number of halogens is 2. The Balaban J connectivity index is 1.61. The van der Waals surface area contributed by atoms with Crippen molar-refractivity contribution in [3.63, 3.8) is 0 Å². The molecule has 226 valence electrons. The molecule has 1 heterocycles. The summed E-state index contributed by atoms with van der Waals surface area (Å²) in [5.41, 5.74) is 1.44. The molecule has 0 fully saturated rings. The topological polar surface area (TPSA) is 111 Å². The lowest BCUT2D eigenvalue weighted by Crippen LogP contribution is -2.36.